The van der Waals surface area contributed by atoms with Crippen LogP contribution in [0, 0.1) is 17.1 Å². The average Bonchev–Trinajstić information content (AvgIpc) is 2.33. The Kier molecular flexibility index (Phi) is 5.32. The molecule has 2 N–H and O–H groups in total. The van der Waals surface area contributed by atoms with Gasteiger partial charge in [0, 0.05) is 13.1 Å². The van der Waals surface area contributed by atoms with E-state index in [1.54, 1.807) is 20.8 Å². The van der Waals surface area contributed by atoms with Crippen LogP contribution in [0.5, 0.6) is 0 Å². The summed E-state index contributed by atoms with van der Waals surface area (Å²) in [6.45, 7) is 6.07. The van der Waals surface area contributed by atoms with E-state index in [2.05, 4.69) is 10.6 Å². The molecule has 0 atom stereocenters. The molecule has 0 spiro atoms. The molecule has 1 aromatic rings. The molecule has 0 radical (unpaired) electrons. The Balaban J connectivity index is 2.39. The van der Waals surface area contributed by atoms with Gasteiger partial charge in [0.2, 0.25) is 0 Å². The van der Waals surface area contributed by atoms with Crippen LogP contribution < -0.4 is 10.6 Å². The molecule has 1 rings (SSSR count). The van der Waals surface area contributed by atoms with Crippen LogP contribution in [0.3, 0.4) is 0 Å². The number of nitrogens with zero attached hydrogens (tertiary/aromatic N) is 1. The zero-order valence-corrected chi connectivity index (χ0v) is 11.8. The van der Waals surface area contributed by atoms with Crippen molar-refractivity contribution in [2.45, 2.75) is 26.4 Å². The van der Waals surface area contributed by atoms with E-state index in [0.717, 1.165) is 6.07 Å². The molecule has 0 unspecified atom stereocenters. The summed E-state index contributed by atoms with van der Waals surface area (Å²) < 4.78 is 18.0. The summed E-state index contributed by atoms with van der Waals surface area (Å²) >= 11 is 0. The minimum absolute atomic E-state index is 0.224. The molecule has 6 heteroatoms. The van der Waals surface area contributed by atoms with Gasteiger partial charge in [0.15, 0.2) is 0 Å². The smallest absolute Gasteiger partial charge is 0.407 e. The molecule has 20 heavy (non-hydrogen) atoms. The maximum absolute atomic E-state index is 12.9. The standard InChI is InChI=1S/C14H18FN3O2/c1-14(2,3)20-13(19)18-7-6-17-12-5-4-11(15)8-10(12)9-16/h4-5,8,17H,6-7H2,1-3H3,(H,18,19). The minimum Gasteiger partial charge on any atom is -0.444 e. The van der Waals surface area contributed by atoms with E-state index in [1.165, 1.54) is 12.1 Å². The lowest BCUT2D eigenvalue weighted by molar-refractivity contribution is 0.0530. The van der Waals surface area contributed by atoms with Crippen molar-refractivity contribution in [2.75, 3.05) is 18.4 Å². The van der Waals surface area contributed by atoms with E-state index in [0.29, 0.717) is 18.8 Å². The summed E-state index contributed by atoms with van der Waals surface area (Å²) in [5.74, 6) is -0.459. The first-order chi connectivity index (χ1) is 9.31. The summed E-state index contributed by atoms with van der Waals surface area (Å²) in [5.41, 5.74) is 0.213. The SMILES string of the molecule is CC(C)(C)OC(=O)NCCNc1ccc(F)cc1C#N. The first-order valence-electron chi connectivity index (χ1n) is 6.22. The maximum Gasteiger partial charge on any atom is 0.407 e. The second kappa shape index (κ2) is 6.75. The van der Waals surface area contributed by atoms with Gasteiger partial charge in [-0.3, -0.25) is 0 Å². The molecule has 1 aromatic carbocycles. The van der Waals surface area contributed by atoms with Gasteiger partial charge in [0.05, 0.1) is 11.3 Å². The Hall–Kier alpha value is -2.29. The maximum atomic E-state index is 12.9. The average molecular weight is 279 g/mol. The molecule has 0 saturated heterocycles. The third-order valence-corrected chi connectivity index (χ3v) is 2.21. The van der Waals surface area contributed by atoms with Gasteiger partial charge in [0.1, 0.15) is 17.5 Å². The van der Waals surface area contributed by atoms with Crippen molar-refractivity contribution >= 4 is 11.8 Å². The number of ether oxygens (including phenoxy) is 1. The van der Waals surface area contributed by atoms with Crippen LogP contribution in [0.4, 0.5) is 14.9 Å². The fourth-order valence-electron chi connectivity index (χ4n) is 1.44. The molecule has 1 amide bonds. The quantitative estimate of drug-likeness (QED) is 0.831. The number of anilines is 1. The predicted molar refractivity (Wildman–Crippen MR) is 73.8 cm³/mol. The van der Waals surface area contributed by atoms with Gasteiger partial charge in [-0.05, 0) is 39.0 Å². The van der Waals surface area contributed by atoms with Crippen molar-refractivity contribution in [2.24, 2.45) is 0 Å². The molecule has 0 fully saturated rings. The van der Waals surface area contributed by atoms with Gasteiger partial charge in [-0.2, -0.15) is 5.26 Å². The molecule has 0 aliphatic heterocycles. The van der Waals surface area contributed by atoms with Crippen LogP contribution in [-0.4, -0.2) is 24.8 Å². The van der Waals surface area contributed by atoms with E-state index in [9.17, 15) is 9.18 Å². The van der Waals surface area contributed by atoms with E-state index in [-0.39, 0.29) is 5.56 Å². The van der Waals surface area contributed by atoms with Crippen molar-refractivity contribution in [1.82, 2.24) is 5.32 Å². The van der Waals surface area contributed by atoms with Crippen LogP contribution >= 0.6 is 0 Å². The highest BCUT2D eigenvalue weighted by atomic mass is 19.1. The molecule has 108 valence electrons. The molecule has 0 bridgehead atoms. The summed E-state index contributed by atoms with van der Waals surface area (Å²) in [6, 6.07) is 5.81. The monoisotopic (exact) mass is 279 g/mol. The fraction of sp³-hybridized carbons (Fsp3) is 0.429. The molecule has 0 aromatic heterocycles. The number of hydrogen-bond donors (Lipinski definition) is 2. The van der Waals surface area contributed by atoms with Gasteiger partial charge in [-0.15, -0.1) is 0 Å². The van der Waals surface area contributed by atoms with Crippen molar-refractivity contribution < 1.29 is 13.9 Å². The molecule has 0 aliphatic carbocycles. The predicted octanol–water partition coefficient (Wildman–Crippen LogP) is 2.63. The van der Waals surface area contributed by atoms with Crippen LogP contribution in [0.2, 0.25) is 0 Å². The zero-order chi connectivity index (χ0) is 15.2. The highest BCUT2D eigenvalue weighted by Gasteiger charge is 2.15. The van der Waals surface area contributed by atoms with Crippen molar-refractivity contribution in [3.8, 4) is 6.07 Å². The highest BCUT2D eigenvalue weighted by molar-refractivity contribution is 5.67. The topological polar surface area (TPSA) is 74.2 Å². The number of rotatable bonds is 4. The number of halogens is 1. The summed E-state index contributed by atoms with van der Waals surface area (Å²) in [6.07, 6.45) is -0.501. The Morgan fingerprint density at radius 1 is 1.40 bits per heavy atom. The Morgan fingerprint density at radius 3 is 2.70 bits per heavy atom. The Bertz CT molecular complexity index is 518. The van der Waals surface area contributed by atoms with E-state index >= 15 is 0 Å². The fourth-order valence-corrected chi connectivity index (χ4v) is 1.44. The van der Waals surface area contributed by atoms with Gasteiger partial charge < -0.3 is 15.4 Å². The number of benzene rings is 1. The van der Waals surface area contributed by atoms with Crippen molar-refractivity contribution in [3.63, 3.8) is 0 Å². The first kappa shape index (κ1) is 15.8. The number of amides is 1. The van der Waals surface area contributed by atoms with Crippen LogP contribution in [-0.2, 0) is 4.74 Å². The van der Waals surface area contributed by atoms with Gasteiger partial charge in [0.25, 0.3) is 0 Å². The van der Waals surface area contributed by atoms with Crippen molar-refractivity contribution in [3.05, 3.63) is 29.6 Å². The van der Waals surface area contributed by atoms with E-state index < -0.39 is 17.5 Å². The largest absolute Gasteiger partial charge is 0.444 e. The first-order valence-corrected chi connectivity index (χ1v) is 6.22. The molecular weight excluding hydrogens is 261 g/mol. The Morgan fingerprint density at radius 2 is 2.10 bits per heavy atom. The number of nitriles is 1. The number of alkyl carbamates (subject to hydrolysis) is 1. The summed E-state index contributed by atoms with van der Waals surface area (Å²) in [4.78, 5) is 11.4. The molecule has 0 saturated carbocycles. The highest BCUT2D eigenvalue weighted by Crippen LogP contribution is 2.15. The third-order valence-electron chi connectivity index (χ3n) is 2.21. The third kappa shape index (κ3) is 5.57. The van der Waals surface area contributed by atoms with Crippen molar-refractivity contribution in [1.29, 1.82) is 5.26 Å². The van der Waals surface area contributed by atoms with Gasteiger partial charge >= 0.3 is 6.09 Å². The lowest BCUT2D eigenvalue weighted by Crippen LogP contribution is -2.35. The molecular formula is C14H18FN3O2. The molecule has 5 nitrogen and oxygen atoms in total. The minimum atomic E-state index is -0.539. The molecule has 0 aliphatic rings. The number of nitrogens with one attached hydrogen (secondary N) is 2. The van der Waals surface area contributed by atoms with E-state index in [4.69, 9.17) is 10.00 Å². The van der Waals surface area contributed by atoms with E-state index in [1.807, 2.05) is 6.07 Å². The lowest BCUT2D eigenvalue weighted by Gasteiger charge is -2.19. The second-order valence-corrected chi connectivity index (χ2v) is 5.16. The number of carbonyl (C=O) groups is 1. The number of hydrogen-bond acceptors (Lipinski definition) is 4. The number of carbonyl (C=O) groups excluding carboxylic acids is 1. The van der Waals surface area contributed by atoms with Gasteiger partial charge in [-0.25, -0.2) is 9.18 Å². The second-order valence-electron chi connectivity index (χ2n) is 5.16. The lowest BCUT2D eigenvalue weighted by atomic mass is 10.2. The molecule has 0 heterocycles. The normalized spacial score (nSPS) is 10.6. The van der Waals surface area contributed by atoms with Crippen LogP contribution in [0.15, 0.2) is 18.2 Å². The van der Waals surface area contributed by atoms with Crippen LogP contribution in [0.1, 0.15) is 26.3 Å². The Labute approximate surface area is 117 Å². The van der Waals surface area contributed by atoms with Crippen LogP contribution in [0.25, 0.3) is 0 Å². The van der Waals surface area contributed by atoms with Gasteiger partial charge in [-0.1, -0.05) is 0 Å². The summed E-state index contributed by atoms with van der Waals surface area (Å²) in [5, 5.41) is 14.4. The summed E-state index contributed by atoms with van der Waals surface area (Å²) in [7, 11) is 0. The zero-order valence-electron chi connectivity index (χ0n) is 11.8.